The molecule has 0 unspecified atom stereocenters. The van der Waals surface area contributed by atoms with Crippen LogP contribution in [0.4, 0.5) is 5.69 Å². The Kier molecular flexibility index (Phi) is 3.43. The van der Waals surface area contributed by atoms with Gasteiger partial charge in [0.25, 0.3) is 0 Å². The first kappa shape index (κ1) is 11.7. The van der Waals surface area contributed by atoms with Crippen LogP contribution in [0.5, 0.6) is 5.75 Å². The third-order valence-electron chi connectivity index (χ3n) is 1.90. The molecule has 0 radical (unpaired) electrons. The van der Waals surface area contributed by atoms with Gasteiger partial charge < -0.3 is 10.1 Å². The van der Waals surface area contributed by atoms with Gasteiger partial charge in [-0.15, -0.1) is 0 Å². The topological polar surface area (TPSA) is 45.0 Å². The number of benzene rings is 1. The summed E-state index contributed by atoms with van der Waals surface area (Å²) in [4.78, 5) is 0. The summed E-state index contributed by atoms with van der Waals surface area (Å²) in [6.45, 7) is 3.57. The number of anilines is 1. The van der Waals surface area contributed by atoms with E-state index in [0.29, 0.717) is 10.8 Å². The van der Waals surface area contributed by atoms with Gasteiger partial charge in [0.15, 0.2) is 0 Å². The van der Waals surface area contributed by atoms with Gasteiger partial charge in [0.05, 0.1) is 23.9 Å². The zero-order valence-electron chi connectivity index (χ0n) is 8.97. The predicted molar refractivity (Wildman–Crippen MR) is 61.3 cm³/mol. The number of nitrogens with zero attached hydrogens (tertiary/aromatic N) is 1. The molecule has 0 aliphatic carbocycles. The van der Waals surface area contributed by atoms with E-state index in [1.807, 2.05) is 0 Å². The highest BCUT2D eigenvalue weighted by molar-refractivity contribution is 6.33. The molecule has 0 aliphatic rings. The highest BCUT2D eigenvalue weighted by atomic mass is 35.5. The highest BCUT2D eigenvalue weighted by Crippen LogP contribution is 2.28. The molecule has 0 atom stereocenters. The predicted octanol–water partition coefficient (Wildman–Crippen LogP) is 3.06. The zero-order chi connectivity index (χ0) is 11.5. The van der Waals surface area contributed by atoms with Crippen molar-refractivity contribution in [1.82, 2.24) is 0 Å². The summed E-state index contributed by atoms with van der Waals surface area (Å²) >= 11 is 6.02. The zero-order valence-corrected chi connectivity index (χ0v) is 9.72. The number of hydrogen-bond acceptors (Lipinski definition) is 3. The average Bonchev–Trinajstić information content (AvgIpc) is 2.21. The lowest BCUT2D eigenvalue weighted by molar-refractivity contribution is 0.415. The molecule has 15 heavy (non-hydrogen) atoms. The number of halogens is 1. The molecule has 0 fully saturated rings. The van der Waals surface area contributed by atoms with Crippen molar-refractivity contribution in [3.63, 3.8) is 0 Å². The minimum Gasteiger partial charge on any atom is -0.497 e. The van der Waals surface area contributed by atoms with Gasteiger partial charge in [0, 0.05) is 6.07 Å². The quantitative estimate of drug-likeness (QED) is 0.858. The molecule has 1 N–H and O–H groups in total. The minimum absolute atomic E-state index is 0.540. The number of nitrogens with one attached hydrogen (secondary N) is 1. The third-order valence-corrected chi connectivity index (χ3v) is 2.22. The largest absolute Gasteiger partial charge is 0.497 e. The van der Waals surface area contributed by atoms with E-state index in [2.05, 4.69) is 11.4 Å². The molecule has 0 heterocycles. The Morgan fingerprint density at radius 2 is 2.13 bits per heavy atom. The lowest BCUT2D eigenvalue weighted by Gasteiger charge is -2.20. The first-order valence-corrected chi connectivity index (χ1v) is 4.89. The van der Waals surface area contributed by atoms with Gasteiger partial charge in [-0.25, -0.2) is 0 Å². The summed E-state index contributed by atoms with van der Waals surface area (Å²) in [5, 5.41) is 12.4. The summed E-state index contributed by atoms with van der Waals surface area (Å²) < 4.78 is 5.03. The maximum absolute atomic E-state index is 8.87. The molecule has 0 saturated carbocycles. The molecule has 1 aromatic carbocycles. The van der Waals surface area contributed by atoms with Crippen molar-refractivity contribution in [1.29, 1.82) is 5.26 Å². The smallest absolute Gasteiger partial charge is 0.120 e. The average molecular weight is 225 g/mol. The van der Waals surface area contributed by atoms with Gasteiger partial charge in [0.2, 0.25) is 0 Å². The van der Waals surface area contributed by atoms with Crippen molar-refractivity contribution in [2.45, 2.75) is 19.4 Å². The van der Waals surface area contributed by atoms with Crippen molar-refractivity contribution in [2.24, 2.45) is 0 Å². The fraction of sp³-hybridized carbons (Fsp3) is 0.364. The molecule has 4 heteroatoms. The Labute approximate surface area is 94.6 Å². The first-order valence-electron chi connectivity index (χ1n) is 4.51. The Morgan fingerprint density at radius 3 is 2.60 bits per heavy atom. The van der Waals surface area contributed by atoms with E-state index < -0.39 is 5.54 Å². The number of ether oxygens (including phenoxy) is 1. The van der Waals surface area contributed by atoms with Crippen molar-refractivity contribution in [2.75, 3.05) is 12.4 Å². The summed E-state index contributed by atoms with van der Waals surface area (Å²) in [6, 6.07) is 7.44. The van der Waals surface area contributed by atoms with Crippen molar-refractivity contribution < 1.29 is 4.74 Å². The van der Waals surface area contributed by atoms with E-state index in [4.69, 9.17) is 21.6 Å². The van der Waals surface area contributed by atoms with Crippen LogP contribution in [0.3, 0.4) is 0 Å². The van der Waals surface area contributed by atoms with Crippen LogP contribution in [0.25, 0.3) is 0 Å². The molecule has 0 spiro atoms. The summed E-state index contributed by atoms with van der Waals surface area (Å²) in [5.74, 6) is 0.695. The van der Waals surface area contributed by atoms with Crippen molar-refractivity contribution >= 4 is 17.3 Å². The van der Waals surface area contributed by atoms with Gasteiger partial charge in [-0.3, -0.25) is 0 Å². The van der Waals surface area contributed by atoms with Crippen LogP contribution >= 0.6 is 11.6 Å². The number of nitriles is 1. The standard InChI is InChI=1S/C11H13ClN2O/c1-11(2,7-13)14-10-5-4-8(15-3)6-9(10)12/h4-6,14H,1-3H3. The van der Waals surface area contributed by atoms with E-state index >= 15 is 0 Å². The van der Waals surface area contributed by atoms with E-state index in [9.17, 15) is 0 Å². The molecule has 1 rings (SSSR count). The van der Waals surface area contributed by atoms with Gasteiger partial charge >= 0.3 is 0 Å². The van der Waals surface area contributed by atoms with Crippen molar-refractivity contribution in [3.8, 4) is 11.8 Å². The fourth-order valence-corrected chi connectivity index (χ4v) is 1.31. The molecule has 0 saturated heterocycles. The molecule has 0 bridgehead atoms. The molecular formula is C11H13ClN2O. The van der Waals surface area contributed by atoms with E-state index in [1.165, 1.54) is 0 Å². The van der Waals surface area contributed by atoms with Gasteiger partial charge in [0.1, 0.15) is 11.3 Å². The molecule has 3 nitrogen and oxygen atoms in total. The van der Waals surface area contributed by atoms with Crippen LogP contribution in [-0.2, 0) is 0 Å². The highest BCUT2D eigenvalue weighted by Gasteiger charge is 2.17. The summed E-state index contributed by atoms with van der Waals surface area (Å²) in [6.07, 6.45) is 0. The monoisotopic (exact) mass is 224 g/mol. The van der Waals surface area contributed by atoms with Crippen LogP contribution in [-0.4, -0.2) is 12.6 Å². The van der Waals surface area contributed by atoms with Crippen LogP contribution in [0.1, 0.15) is 13.8 Å². The molecular weight excluding hydrogens is 212 g/mol. The Balaban J connectivity index is 2.93. The van der Waals surface area contributed by atoms with Crippen LogP contribution in [0, 0.1) is 11.3 Å². The summed E-state index contributed by atoms with van der Waals surface area (Å²) in [7, 11) is 1.58. The molecule has 0 aliphatic heterocycles. The van der Waals surface area contributed by atoms with Crippen LogP contribution in [0.15, 0.2) is 18.2 Å². The molecule has 1 aromatic rings. The third kappa shape index (κ3) is 3.03. The molecule has 0 amide bonds. The lowest BCUT2D eigenvalue weighted by Crippen LogP contribution is -2.28. The minimum atomic E-state index is -0.641. The number of rotatable bonds is 3. The van der Waals surface area contributed by atoms with E-state index in [-0.39, 0.29) is 0 Å². The van der Waals surface area contributed by atoms with Gasteiger partial charge in [-0.2, -0.15) is 5.26 Å². The second-order valence-corrected chi connectivity index (χ2v) is 4.11. The van der Waals surface area contributed by atoms with Gasteiger partial charge in [-0.1, -0.05) is 11.6 Å². The van der Waals surface area contributed by atoms with Crippen LogP contribution < -0.4 is 10.1 Å². The second-order valence-electron chi connectivity index (χ2n) is 3.71. The van der Waals surface area contributed by atoms with E-state index in [1.54, 1.807) is 39.2 Å². The maximum atomic E-state index is 8.87. The van der Waals surface area contributed by atoms with E-state index in [0.717, 1.165) is 5.69 Å². The fourth-order valence-electron chi connectivity index (χ4n) is 1.09. The summed E-state index contributed by atoms with van der Waals surface area (Å²) in [5.41, 5.74) is 0.0853. The van der Waals surface area contributed by atoms with Crippen LogP contribution in [0.2, 0.25) is 5.02 Å². The first-order chi connectivity index (χ1) is 6.98. The Morgan fingerprint density at radius 1 is 1.47 bits per heavy atom. The Hall–Kier alpha value is -1.40. The Bertz CT molecular complexity index is 396. The normalized spacial score (nSPS) is 10.6. The number of methoxy groups -OCH3 is 1. The molecule has 80 valence electrons. The maximum Gasteiger partial charge on any atom is 0.120 e. The van der Waals surface area contributed by atoms with Gasteiger partial charge in [-0.05, 0) is 26.0 Å². The number of hydrogen-bond donors (Lipinski definition) is 1. The lowest BCUT2D eigenvalue weighted by atomic mass is 10.1. The molecule has 0 aromatic heterocycles. The second kappa shape index (κ2) is 4.41. The SMILES string of the molecule is COc1ccc(NC(C)(C)C#N)c(Cl)c1. The van der Waals surface area contributed by atoms with Crippen molar-refractivity contribution in [3.05, 3.63) is 23.2 Å².